The molecule has 18 heavy (non-hydrogen) atoms. The maximum absolute atomic E-state index is 12.4. The number of aliphatic hydroxyl groups is 1. The Morgan fingerprint density at radius 2 is 2.33 bits per heavy atom. The van der Waals surface area contributed by atoms with Crippen molar-refractivity contribution in [1.82, 2.24) is 4.31 Å². The summed E-state index contributed by atoms with van der Waals surface area (Å²) >= 11 is 1.23. The van der Waals surface area contributed by atoms with Gasteiger partial charge in [-0.25, -0.2) is 8.42 Å². The SMILES string of the molecule is CC1COCCN1S(=O)(=O)c1ccc(CCO)s1. The Hall–Kier alpha value is -0.470. The summed E-state index contributed by atoms with van der Waals surface area (Å²) in [5.74, 6) is 0. The van der Waals surface area contributed by atoms with Crippen molar-refractivity contribution in [3.05, 3.63) is 17.0 Å². The standard InChI is InChI=1S/C11H17NO4S2/c1-9-8-16-7-5-12(9)18(14,15)11-3-2-10(17-11)4-6-13/h2-3,9,13H,4-8H2,1H3. The number of ether oxygens (including phenoxy) is 1. The van der Waals surface area contributed by atoms with E-state index in [0.29, 0.717) is 30.4 Å². The van der Waals surface area contributed by atoms with Crippen LogP contribution in [0.3, 0.4) is 0 Å². The molecule has 0 aliphatic carbocycles. The fourth-order valence-corrected chi connectivity index (χ4v) is 5.00. The summed E-state index contributed by atoms with van der Waals surface area (Å²) in [5, 5.41) is 8.85. The van der Waals surface area contributed by atoms with Crippen LogP contribution in [0, 0.1) is 0 Å². The molecule has 0 radical (unpaired) electrons. The van der Waals surface area contributed by atoms with Crippen LogP contribution in [0.4, 0.5) is 0 Å². The summed E-state index contributed by atoms with van der Waals surface area (Å²) in [6.45, 7) is 3.16. The number of rotatable bonds is 4. The third-order valence-electron chi connectivity index (χ3n) is 2.86. The third kappa shape index (κ3) is 2.75. The minimum absolute atomic E-state index is 0.0357. The van der Waals surface area contributed by atoms with Gasteiger partial charge < -0.3 is 9.84 Å². The minimum Gasteiger partial charge on any atom is -0.396 e. The molecule has 1 unspecified atom stereocenters. The first-order chi connectivity index (χ1) is 8.55. The number of hydrogen-bond donors (Lipinski definition) is 1. The highest BCUT2D eigenvalue weighted by Gasteiger charge is 2.32. The van der Waals surface area contributed by atoms with Crippen LogP contribution in [0.1, 0.15) is 11.8 Å². The van der Waals surface area contributed by atoms with Gasteiger partial charge in [0.05, 0.1) is 13.2 Å². The lowest BCUT2D eigenvalue weighted by molar-refractivity contribution is 0.0393. The molecule has 5 nitrogen and oxygen atoms in total. The van der Waals surface area contributed by atoms with Gasteiger partial charge in [-0.05, 0) is 19.1 Å². The van der Waals surface area contributed by atoms with Crippen LogP contribution in [-0.2, 0) is 21.2 Å². The van der Waals surface area contributed by atoms with E-state index in [9.17, 15) is 8.42 Å². The molecule has 7 heteroatoms. The normalized spacial score (nSPS) is 22.2. The highest BCUT2D eigenvalue weighted by atomic mass is 32.2. The van der Waals surface area contributed by atoms with Crippen molar-refractivity contribution < 1.29 is 18.3 Å². The lowest BCUT2D eigenvalue weighted by atomic mass is 10.3. The first kappa shape index (κ1) is 14.0. The lowest BCUT2D eigenvalue weighted by Crippen LogP contribution is -2.46. The van der Waals surface area contributed by atoms with Gasteiger partial charge in [0, 0.05) is 30.5 Å². The van der Waals surface area contributed by atoms with E-state index in [1.54, 1.807) is 12.1 Å². The van der Waals surface area contributed by atoms with Crippen molar-refractivity contribution in [3.63, 3.8) is 0 Å². The molecular formula is C11H17NO4S2. The predicted molar refractivity (Wildman–Crippen MR) is 69.3 cm³/mol. The molecule has 1 aromatic heterocycles. The number of sulfonamides is 1. The zero-order valence-electron chi connectivity index (χ0n) is 10.2. The third-order valence-corrected chi connectivity index (χ3v) is 6.49. The molecule has 0 amide bonds. The van der Waals surface area contributed by atoms with Gasteiger partial charge in [-0.15, -0.1) is 11.3 Å². The zero-order valence-corrected chi connectivity index (χ0v) is 11.8. The van der Waals surface area contributed by atoms with E-state index in [1.165, 1.54) is 15.6 Å². The van der Waals surface area contributed by atoms with Gasteiger partial charge in [-0.3, -0.25) is 0 Å². The number of nitrogens with zero attached hydrogens (tertiary/aromatic N) is 1. The number of aliphatic hydroxyl groups excluding tert-OH is 1. The smallest absolute Gasteiger partial charge is 0.252 e. The highest BCUT2D eigenvalue weighted by Crippen LogP contribution is 2.27. The Bertz CT molecular complexity index is 497. The molecule has 2 rings (SSSR count). The van der Waals surface area contributed by atoms with Crippen LogP contribution in [0.2, 0.25) is 0 Å². The van der Waals surface area contributed by atoms with Crippen molar-refractivity contribution in [2.75, 3.05) is 26.4 Å². The second-order valence-electron chi connectivity index (χ2n) is 4.23. The van der Waals surface area contributed by atoms with Crippen LogP contribution >= 0.6 is 11.3 Å². The molecule has 0 saturated carbocycles. The molecule has 0 bridgehead atoms. The molecule has 1 N–H and O–H groups in total. The number of morpholine rings is 1. The summed E-state index contributed by atoms with van der Waals surface area (Å²) in [6, 6.07) is 3.25. The summed E-state index contributed by atoms with van der Waals surface area (Å²) in [7, 11) is -3.42. The van der Waals surface area contributed by atoms with E-state index in [1.807, 2.05) is 6.92 Å². The van der Waals surface area contributed by atoms with E-state index in [-0.39, 0.29) is 12.6 Å². The Labute approximate surface area is 111 Å². The second-order valence-corrected chi connectivity index (χ2v) is 7.52. The van der Waals surface area contributed by atoms with Crippen molar-refractivity contribution in [2.24, 2.45) is 0 Å². The summed E-state index contributed by atoms with van der Waals surface area (Å²) < 4.78 is 32.0. The average molecular weight is 291 g/mol. The average Bonchev–Trinajstić information content (AvgIpc) is 2.79. The van der Waals surface area contributed by atoms with Gasteiger partial charge >= 0.3 is 0 Å². The Morgan fingerprint density at radius 3 is 3.00 bits per heavy atom. The van der Waals surface area contributed by atoms with Crippen LogP contribution < -0.4 is 0 Å². The van der Waals surface area contributed by atoms with Crippen molar-refractivity contribution in [3.8, 4) is 0 Å². The Balaban J connectivity index is 2.23. The van der Waals surface area contributed by atoms with Gasteiger partial charge in [0.15, 0.2) is 0 Å². The molecule has 1 aliphatic rings. The number of thiophene rings is 1. The molecule has 1 atom stereocenters. The van der Waals surface area contributed by atoms with Crippen molar-refractivity contribution in [2.45, 2.75) is 23.6 Å². The molecule has 2 heterocycles. The van der Waals surface area contributed by atoms with Crippen LogP contribution in [0.15, 0.2) is 16.3 Å². The predicted octanol–water partition coefficient (Wildman–Crippen LogP) is 0.692. The van der Waals surface area contributed by atoms with E-state index in [2.05, 4.69) is 0 Å². The van der Waals surface area contributed by atoms with Crippen LogP contribution in [0.25, 0.3) is 0 Å². The molecule has 1 aliphatic heterocycles. The van der Waals surface area contributed by atoms with Gasteiger partial charge in [-0.2, -0.15) is 4.31 Å². The molecule has 102 valence electrons. The maximum atomic E-state index is 12.4. The van der Waals surface area contributed by atoms with E-state index in [0.717, 1.165) is 4.88 Å². The molecule has 0 aromatic carbocycles. The zero-order chi connectivity index (χ0) is 13.2. The Kier molecular flexibility index (Phi) is 4.39. The molecule has 0 spiro atoms. The van der Waals surface area contributed by atoms with Crippen molar-refractivity contribution >= 4 is 21.4 Å². The molecule has 1 saturated heterocycles. The van der Waals surface area contributed by atoms with Gasteiger partial charge in [0.25, 0.3) is 10.0 Å². The van der Waals surface area contributed by atoms with Crippen molar-refractivity contribution in [1.29, 1.82) is 0 Å². The highest BCUT2D eigenvalue weighted by molar-refractivity contribution is 7.91. The van der Waals surface area contributed by atoms with E-state index in [4.69, 9.17) is 9.84 Å². The topological polar surface area (TPSA) is 66.8 Å². The minimum atomic E-state index is -3.42. The Morgan fingerprint density at radius 1 is 1.56 bits per heavy atom. The number of hydrogen-bond acceptors (Lipinski definition) is 5. The van der Waals surface area contributed by atoms with E-state index < -0.39 is 10.0 Å². The van der Waals surface area contributed by atoms with Gasteiger partial charge in [0.2, 0.25) is 0 Å². The maximum Gasteiger partial charge on any atom is 0.252 e. The largest absolute Gasteiger partial charge is 0.396 e. The first-order valence-electron chi connectivity index (χ1n) is 5.85. The monoisotopic (exact) mass is 291 g/mol. The first-order valence-corrected chi connectivity index (χ1v) is 8.10. The van der Waals surface area contributed by atoms with Crippen LogP contribution in [-0.4, -0.2) is 50.2 Å². The summed E-state index contributed by atoms with van der Waals surface area (Å²) in [6.07, 6.45) is 0.499. The second kappa shape index (κ2) is 5.66. The lowest BCUT2D eigenvalue weighted by Gasteiger charge is -2.31. The fraction of sp³-hybridized carbons (Fsp3) is 0.636. The summed E-state index contributed by atoms with van der Waals surface area (Å²) in [5.41, 5.74) is 0. The molecule has 1 aromatic rings. The van der Waals surface area contributed by atoms with Gasteiger partial charge in [-0.1, -0.05) is 0 Å². The van der Waals surface area contributed by atoms with E-state index >= 15 is 0 Å². The van der Waals surface area contributed by atoms with Gasteiger partial charge in [0.1, 0.15) is 4.21 Å². The summed E-state index contributed by atoms with van der Waals surface area (Å²) in [4.78, 5) is 0.886. The fourth-order valence-electron chi connectivity index (χ4n) is 1.93. The quantitative estimate of drug-likeness (QED) is 0.886. The molecule has 1 fully saturated rings. The van der Waals surface area contributed by atoms with Crippen LogP contribution in [0.5, 0.6) is 0 Å². The molecular weight excluding hydrogens is 274 g/mol.